The van der Waals surface area contributed by atoms with Crippen LogP contribution >= 0.6 is 0 Å². The van der Waals surface area contributed by atoms with Gasteiger partial charge >= 0.3 is 0 Å². The Morgan fingerprint density at radius 1 is 0.931 bits per heavy atom. The molecule has 0 saturated carbocycles. The van der Waals surface area contributed by atoms with E-state index < -0.39 is 0 Å². The molecule has 29 heavy (non-hydrogen) atoms. The van der Waals surface area contributed by atoms with Gasteiger partial charge in [-0.25, -0.2) is 4.68 Å². The smallest absolute Gasteiger partial charge is 0.274 e. The minimum Gasteiger partial charge on any atom is -0.385 e. The van der Waals surface area contributed by atoms with E-state index in [1.807, 2.05) is 42.5 Å². The maximum atomic E-state index is 12.8. The highest BCUT2D eigenvalue weighted by atomic mass is 16.2. The van der Waals surface area contributed by atoms with E-state index >= 15 is 0 Å². The number of amides is 1. The lowest BCUT2D eigenvalue weighted by atomic mass is 10.1. The van der Waals surface area contributed by atoms with Crippen molar-refractivity contribution in [2.75, 3.05) is 18.4 Å². The van der Waals surface area contributed by atoms with Crippen LogP contribution in [0.15, 0.2) is 59.4 Å². The van der Waals surface area contributed by atoms with Crippen molar-refractivity contribution in [3.05, 3.63) is 70.6 Å². The van der Waals surface area contributed by atoms with E-state index in [1.165, 1.54) is 4.68 Å². The number of nitrogens with one attached hydrogen (secondary N) is 2. The largest absolute Gasteiger partial charge is 0.385 e. The van der Waals surface area contributed by atoms with Crippen molar-refractivity contribution < 1.29 is 4.79 Å². The second-order valence-electron chi connectivity index (χ2n) is 7.03. The summed E-state index contributed by atoms with van der Waals surface area (Å²) < 4.78 is 1.43. The molecule has 0 bridgehead atoms. The third-order valence-corrected chi connectivity index (χ3v) is 4.80. The number of carbonyl (C=O) groups excluding carboxylic acids is 1. The van der Waals surface area contributed by atoms with Crippen molar-refractivity contribution in [2.45, 2.75) is 39.2 Å². The van der Waals surface area contributed by atoms with Gasteiger partial charge < -0.3 is 10.6 Å². The number of carbonyl (C=O) groups is 1. The molecule has 6 nitrogen and oxygen atoms in total. The van der Waals surface area contributed by atoms with Crippen LogP contribution in [0.4, 0.5) is 5.69 Å². The molecule has 0 aliphatic rings. The fourth-order valence-electron chi connectivity index (χ4n) is 3.23. The lowest BCUT2D eigenvalue weighted by molar-refractivity contribution is 0.0948. The minimum atomic E-state index is -0.245. The van der Waals surface area contributed by atoms with Crippen molar-refractivity contribution in [3.63, 3.8) is 0 Å². The zero-order valence-electron chi connectivity index (χ0n) is 16.9. The van der Waals surface area contributed by atoms with Gasteiger partial charge in [0, 0.05) is 30.7 Å². The summed E-state index contributed by atoms with van der Waals surface area (Å²) in [6.45, 7) is 3.93. The highest BCUT2D eigenvalue weighted by Gasteiger charge is 2.16. The van der Waals surface area contributed by atoms with Gasteiger partial charge in [-0.05, 0) is 31.0 Å². The fraction of sp³-hybridized carbons (Fsp3) is 0.348. The third kappa shape index (κ3) is 5.44. The Morgan fingerprint density at radius 3 is 2.41 bits per heavy atom. The number of unbranched alkanes of at least 4 members (excludes halogenated alkanes) is 2. The number of hydrogen-bond donors (Lipinski definition) is 2. The highest BCUT2D eigenvalue weighted by Crippen LogP contribution is 2.13. The molecule has 1 aromatic heterocycles. The van der Waals surface area contributed by atoms with E-state index in [0.29, 0.717) is 29.6 Å². The van der Waals surface area contributed by atoms with E-state index in [4.69, 9.17) is 0 Å². The first-order valence-electron chi connectivity index (χ1n) is 10.3. The molecule has 3 rings (SSSR count). The van der Waals surface area contributed by atoms with Crippen molar-refractivity contribution in [3.8, 4) is 0 Å². The number of hydrogen-bond acceptors (Lipinski definition) is 4. The van der Waals surface area contributed by atoms with Crippen LogP contribution in [0.25, 0.3) is 10.8 Å². The lowest BCUT2D eigenvalue weighted by Crippen LogP contribution is -2.31. The number of aryl methyl sites for hydroxylation is 1. The standard InChI is InChI=1S/C23H28N4O2/c1-2-3-9-17-27-23(29)20-14-8-7-13-19(20)21(26-27)22(28)25-16-10-15-24-18-11-5-4-6-12-18/h4-8,11-14,24H,2-3,9-10,15-17H2,1H3,(H,25,28). The van der Waals surface area contributed by atoms with Crippen molar-refractivity contribution >= 4 is 22.4 Å². The second-order valence-corrected chi connectivity index (χ2v) is 7.03. The highest BCUT2D eigenvalue weighted by molar-refractivity contribution is 6.04. The van der Waals surface area contributed by atoms with Gasteiger partial charge in [-0.3, -0.25) is 9.59 Å². The fourth-order valence-corrected chi connectivity index (χ4v) is 3.23. The number of benzene rings is 2. The normalized spacial score (nSPS) is 10.8. The topological polar surface area (TPSA) is 76.0 Å². The van der Waals surface area contributed by atoms with Crippen LogP contribution in [0.3, 0.4) is 0 Å². The van der Waals surface area contributed by atoms with E-state index in [-0.39, 0.29) is 11.5 Å². The first-order chi connectivity index (χ1) is 14.2. The summed E-state index contributed by atoms with van der Waals surface area (Å²) in [5.41, 5.74) is 1.23. The van der Waals surface area contributed by atoms with Gasteiger partial charge in [0.1, 0.15) is 0 Å². The predicted molar refractivity (Wildman–Crippen MR) is 117 cm³/mol. The number of anilines is 1. The molecule has 0 unspecified atom stereocenters. The van der Waals surface area contributed by atoms with E-state index in [2.05, 4.69) is 22.7 Å². The lowest BCUT2D eigenvalue weighted by Gasteiger charge is -2.11. The van der Waals surface area contributed by atoms with Crippen LogP contribution in [0, 0.1) is 0 Å². The van der Waals surface area contributed by atoms with E-state index in [9.17, 15) is 9.59 Å². The summed E-state index contributed by atoms with van der Waals surface area (Å²) in [6, 6.07) is 17.1. The molecule has 1 heterocycles. The molecule has 0 fully saturated rings. The molecule has 0 aliphatic carbocycles. The molecule has 0 radical (unpaired) electrons. The van der Waals surface area contributed by atoms with Gasteiger partial charge in [-0.15, -0.1) is 0 Å². The molecule has 3 aromatic rings. The van der Waals surface area contributed by atoms with Gasteiger partial charge in [0.05, 0.1) is 5.39 Å². The van der Waals surface area contributed by atoms with Crippen molar-refractivity contribution in [1.29, 1.82) is 0 Å². The van der Waals surface area contributed by atoms with E-state index in [0.717, 1.165) is 37.9 Å². The molecule has 0 aliphatic heterocycles. The molecule has 6 heteroatoms. The number of rotatable bonds is 10. The summed E-state index contributed by atoms with van der Waals surface area (Å²) in [7, 11) is 0. The van der Waals surface area contributed by atoms with Gasteiger partial charge in [-0.2, -0.15) is 5.10 Å². The Labute approximate surface area is 170 Å². The van der Waals surface area contributed by atoms with Gasteiger partial charge in [-0.1, -0.05) is 56.2 Å². The summed E-state index contributed by atoms with van der Waals surface area (Å²) in [6.07, 6.45) is 3.74. The quantitative estimate of drug-likeness (QED) is 0.514. The first kappa shape index (κ1) is 20.6. The number of para-hydroxylation sites is 1. The Bertz CT molecular complexity index is 999. The molecular weight excluding hydrogens is 364 g/mol. The van der Waals surface area contributed by atoms with Crippen LogP contribution in [0.5, 0.6) is 0 Å². The van der Waals surface area contributed by atoms with Crippen LogP contribution in [-0.4, -0.2) is 28.8 Å². The van der Waals surface area contributed by atoms with Gasteiger partial charge in [0.25, 0.3) is 11.5 Å². The Kier molecular flexibility index (Phi) is 7.39. The van der Waals surface area contributed by atoms with E-state index in [1.54, 1.807) is 12.1 Å². The SMILES string of the molecule is CCCCCn1nc(C(=O)NCCCNc2ccccc2)c2ccccc2c1=O. The molecular formula is C23H28N4O2. The average molecular weight is 393 g/mol. The molecule has 0 spiro atoms. The maximum absolute atomic E-state index is 12.8. The summed E-state index contributed by atoms with van der Waals surface area (Å²) >= 11 is 0. The monoisotopic (exact) mass is 392 g/mol. The molecule has 1 amide bonds. The Balaban J connectivity index is 1.66. The number of fused-ring (bicyclic) bond motifs is 1. The molecule has 2 aromatic carbocycles. The van der Waals surface area contributed by atoms with Crippen LogP contribution in [0.2, 0.25) is 0 Å². The zero-order valence-corrected chi connectivity index (χ0v) is 16.9. The summed E-state index contributed by atoms with van der Waals surface area (Å²) in [5.74, 6) is -0.245. The number of aromatic nitrogens is 2. The summed E-state index contributed by atoms with van der Waals surface area (Å²) in [4.78, 5) is 25.5. The van der Waals surface area contributed by atoms with Gasteiger partial charge in [0.15, 0.2) is 5.69 Å². The summed E-state index contributed by atoms with van der Waals surface area (Å²) in [5, 5.41) is 11.8. The molecule has 0 saturated heterocycles. The maximum Gasteiger partial charge on any atom is 0.274 e. The molecule has 152 valence electrons. The Hall–Kier alpha value is -3.15. The average Bonchev–Trinajstić information content (AvgIpc) is 2.76. The zero-order chi connectivity index (χ0) is 20.5. The van der Waals surface area contributed by atoms with Crippen molar-refractivity contribution in [1.82, 2.24) is 15.1 Å². The molecule has 0 atom stereocenters. The Morgan fingerprint density at radius 2 is 1.66 bits per heavy atom. The van der Waals surface area contributed by atoms with Gasteiger partial charge in [0.2, 0.25) is 0 Å². The predicted octanol–water partition coefficient (Wildman–Crippen LogP) is 3.82. The van der Waals surface area contributed by atoms with Crippen LogP contribution in [0.1, 0.15) is 43.1 Å². The van der Waals surface area contributed by atoms with Crippen molar-refractivity contribution in [2.24, 2.45) is 0 Å². The second kappa shape index (κ2) is 10.4. The van der Waals surface area contributed by atoms with Crippen LogP contribution < -0.4 is 16.2 Å². The molecule has 2 N–H and O–H groups in total. The minimum absolute atomic E-state index is 0.139. The third-order valence-electron chi connectivity index (χ3n) is 4.80. The van der Waals surface area contributed by atoms with Crippen LogP contribution in [-0.2, 0) is 6.54 Å². The first-order valence-corrected chi connectivity index (χ1v) is 10.3. The number of nitrogens with zero attached hydrogens (tertiary/aromatic N) is 2.